The smallest absolute Gasteiger partial charge is 0.176 e. The van der Waals surface area contributed by atoms with E-state index in [1.54, 1.807) is 18.2 Å². The maximum atomic E-state index is 11.3. The number of rotatable bonds is 2. The monoisotopic (exact) mass is 291 g/mol. The molecule has 0 aromatic heterocycles. The Morgan fingerprint density at radius 3 is 2.67 bits per heavy atom. The Kier molecular flexibility index (Phi) is 3.29. The van der Waals surface area contributed by atoms with Crippen molar-refractivity contribution in [2.45, 2.75) is 0 Å². The summed E-state index contributed by atoms with van der Waals surface area (Å²) in [6, 6.07) is 5.30. The molecule has 2 nitrogen and oxygen atoms in total. The molecule has 1 aromatic rings. The first-order valence-electron chi connectivity index (χ1n) is 3.30. The molecule has 0 fully saturated rings. The van der Waals surface area contributed by atoms with Gasteiger partial charge in [-0.1, -0.05) is 22.0 Å². The zero-order valence-corrected chi connectivity index (χ0v) is 9.35. The second-order valence-corrected chi connectivity index (χ2v) is 3.68. The summed E-state index contributed by atoms with van der Waals surface area (Å²) in [5.41, 5.74) is 6.68. The molecule has 0 aliphatic rings. The number of benzene rings is 1. The van der Waals surface area contributed by atoms with Crippen molar-refractivity contribution >= 4 is 43.3 Å². The highest BCUT2D eigenvalue weighted by atomic mass is 79.9. The molecule has 0 radical (unpaired) electrons. The number of hydrogen-bond donors (Lipinski definition) is 1. The van der Waals surface area contributed by atoms with E-state index in [1.807, 2.05) is 0 Å². The van der Waals surface area contributed by atoms with Crippen molar-refractivity contribution in [3.63, 3.8) is 0 Å². The Morgan fingerprint density at radius 2 is 2.17 bits per heavy atom. The van der Waals surface area contributed by atoms with Gasteiger partial charge in [0.25, 0.3) is 0 Å². The summed E-state index contributed by atoms with van der Waals surface area (Å²) in [7, 11) is 0. The van der Waals surface area contributed by atoms with Crippen molar-refractivity contribution in [2.24, 2.45) is 0 Å². The van der Waals surface area contributed by atoms with Crippen molar-refractivity contribution in [1.82, 2.24) is 0 Å². The van der Waals surface area contributed by atoms with Gasteiger partial charge in [-0.2, -0.15) is 0 Å². The van der Waals surface area contributed by atoms with Gasteiger partial charge in [0.1, 0.15) is 0 Å². The summed E-state index contributed by atoms with van der Waals surface area (Å²) in [6.07, 6.45) is 0. The van der Waals surface area contributed by atoms with Crippen LogP contribution in [0.25, 0.3) is 0 Å². The topological polar surface area (TPSA) is 43.1 Å². The third-order valence-corrected chi connectivity index (χ3v) is 2.62. The number of hydrogen-bond acceptors (Lipinski definition) is 2. The summed E-state index contributed by atoms with van der Waals surface area (Å²) in [4.78, 5) is 11.3. The first-order chi connectivity index (χ1) is 5.66. The third-order valence-electron chi connectivity index (χ3n) is 1.45. The lowest BCUT2D eigenvalue weighted by atomic mass is 10.1. The van der Waals surface area contributed by atoms with E-state index >= 15 is 0 Å². The number of ketones is 1. The molecule has 0 unspecified atom stereocenters. The van der Waals surface area contributed by atoms with Crippen molar-refractivity contribution in [2.75, 3.05) is 11.1 Å². The molecule has 0 heterocycles. The van der Waals surface area contributed by atoms with E-state index < -0.39 is 0 Å². The van der Waals surface area contributed by atoms with E-state index in [2.05, 4.69) is 31.9 Å². The zero-order chi connectivity index (χ0) is 9.14. The van der Waals surface area contributed by atoms with E-state index in [4.69, 9.17) is 5.73 Å². The van der Waals surface area contributed by atoms with E-state index in [1.165, 1.54) is 0 Å². The lowest BCUT2D eigenvalue weighted by Gasteiger charge is -2.03. The number of nitrogens with two attached hydrogens (primary N) is 1. The molecule has 1 aromatic carbocycles. The predicted octanol–water partition coefficient (Wildman–Crippen LogP) is 2.61. The molecule has 0 atom stereocenters. The second kappa shape index (κ2) is 4.05. The van der Waals surface area contributed by atoms with Gasteiger partial charge in [-0.25, -0.2) is 0 Å². The Hall–Kier alpha value is -0.350. The summed E-state index contributed by atoms with van der Waals surface area (Å²) in [5.74, 6) is -0.0139. The average molecular weight is 293 g/mol. The Morgan fingerprint density at radius 1 is 1.50 bits per heavy atom. The summed E-state index contributed by atoms with van der Waals surface area (Å²) >= 11 is 6.36. The minimum Gasteiger partial charge on any atom is -0.398 e. The van der Waals surface area contributed by atoms with Crippen LogP contribution in [0, 0.1) is 0 Å². The molecular formula is C8H7Br2NO. The van der Waals surface area contributed by atoms with E-state index in [0.29, 0.717) is 16.6 Å². The predicted molar refractivity (Wildman–Crippen MR) is 56.7 cm³/mol. The third kappa shape index (κ3) is 1.87. The fraction of sp³-hybridized carbons (Fsp3) is 0.125. The standard InChI is InChI=1S/C8H7Br2NO/c9-4-7(12)8-5(10)2-1-3-6(8)11/h1-3H,4,11H2. The van der Waals surface area contributed by atoms with Crippen LogP contribution in [0.3, 0.4) is 0 Å². The van der Waals surface area contributed by atoms with Crippen LogP contribution in [0.1, 0.15) is 10.4 Å². The molecule has 0 amide bonds. The molecule has 64 valence electrons. The minimum atomic E-state index is -0.0139. The number of anilines is 1. The van der Waals surface area contributed by atoms with E-state index in [-0.39, 0.29) is 5.78 Å². The molecule has 1 rings (SSSR count). The summed E-state index contributed by atoms with van der Waals surface area (Å²) in [6.45, 7) is 0. The van der Waals surface area contributed by atoms with Crippen LogP contribution in [0.4, 0.5) is 5.69 Å². The lowest BCUT2D eigenvalue weighted by Crippen LogP contribution is -2.05. The van der Waals surface area contributed by atoms with Crippen LogP contribution < -0.4 is 5.73 Å². The maximum absolute atomic E-state index is 11.3. The minimum absolute atomic E-state index is 0.0139. The van der Waals surface area contributed by atoms with Crippen molar-refractivity contribution < 1.29 is 4.79 Å². The number of nitrogen functional groups attached to an aromatic ring is 1. The van der Waals surface area contributed by atoms with Gasteiger partial charge >= 0.3 is 0 Å². The van der Waals surface area contributed by atoms with Crippen LogP contribution in [-0.4, -0.2) is 11.1 Å². The normalized spacial score (nSPS) is 9.83. The molecule has 0 saturated carbocycles. The highest BCUT2D eigenvalue weighted by molar-refractivity contribution is 9.10. The molecule has 2 N–H and O–H groups in total. The van der Waals surface area contributed by atoms with Crippen molar-refractivity contribution in [3.05, 3.63) is 28.2 Å². The Labute approximate surface area is 87.4 Å². The highest BCUT2D eigenvalue weighted by Crippen LogP contribution is 2.23. The molecular weight excluding hydrogens is 286 g/mol. The SMILES string of the molecule is Nc1cccc(Br)c1C(=O)CBr. The van der Waals surface area contributed by atoms with Crippen LogP contribution >= 0.6 is 31.9 Å². The van der Waals surface area contributed by atoms with Gasteiger partial charge in [-0.3, -0.25) is 4.79 Å². The van der Waals surface area contributed by atoms with Crippen LogP contribution in [-0.2, 0) is 0 Å². The summed E-state index contributed by atoms with van der Waals surface area (Å²) < 4.78 is 0.743. The summed E-state index contributed by atoms with van der Waals surface area (Å²) in [5, 5.41) is 0.291. The van der Waals surface area contributed by atoms with Gasteiger partial charge in [0.15, 0.2) is 5.78 Å². The number of carbonyl (C=O) groups excluding carboxylic acids is 1. The van der Waals surface area contributed by atoms with Gasteiger partial charge in [0.2, 0.25) is 0 Å². The van der Waals surface area contributed by atoms with Crippen molar-refractivity contribution in [1.29, 1.82) is 0 Å². The van der Waals surface area contributed by atoms with Gasteiger partial charge in [0.05, 0.1) is 10.9 Å². The Bertz CT molecular complexity index is 292. The van der Waals surface area contributed by atoms with Gasteiger partial charge in [0, 0.05) is 10.2 Å². The van der Waals surface area contributed by atoms with Gasteiger partial charge < -0.3 is 5.73 Å². The largest absolute Gasteiger partial charge is 0.398 e. The highest BCUT2D eigenvalue weighted by Gasteiger charge is 2.11. The number of Topliss-reactive ketones (excluding diaryl/α,β-unsaturated/α-hetero) is 1. The quantitative estimate of drug-likeness (QED) is 0.517. The number of alkyl halides is 1. The first kappa shape index (κ1) is 9.74. The molecule has 0 bridgehead atoms. The number of halogens is 2. The molecule has 4 heteroatoms. The Balaban J connectivity index is 3.21. The molecule has 0 aliphatic heterocycles. The molecule has 12 heavy (non-hydrogen) atoms. The van der Waals surface area contributed by atoms with Crippen molar-refractivity contribution in [3.8, 4) is 0 Å². The molecule has 0 saturated heterocycles. The van der Waals surface area contributed by atoms with Crippen LogP contribution in [0.5, 0.6) is 0 Å². The number of carbonyl (C=O) groups is 1. The molecule has 0 aliphatic carbocycles. The van der Waals surface area contributed by atoms with Gasteiger partial charge in [-0.15, -0.1) is 0 Å². The lowest BCUT2D eigenvalue weighted by molar-refractivity contribution is 0.102. The van der Waals surface area contributed by atoms with Crippen LogP contribution in [0.15, 0.2) is 22.7 Å². The maximum Gasteiger partial charge on any atom is 0.176 e. The molecule has 0 spiro atoms. The first-order valence-corrected chi connectivity index (χ1v) is 5.21. The van der Waals surface area contributed by atoms with E-state index in [9.17, 15) is 4.79 Å². The fourth-order valence-electron chi connectivity index (χ4n) is 0.902. The van der Waals surface area contributed by atoms with E-state index in [0.717, 1.165) is 4.47 Å². The van der Waals surface area contributed by atoms with Gasteiger partial charge in [-0.05, 0) is 28.1 Å². The van der Waals surface area contributed by atoms with Crippen LogP contribution in [0.2, 0.25) is 0 Å². The zero-order valence-electron chi connectivity index (χ0n) is 6.18. The fourth-order valence-corrected chi connectivity index (χ4v) is 1.78. The second-order valence-electron chi connectivity index (χ2n) is 2.26. The average Bonchev–Trinajstić information content (AvgIpc) is 2.03.